The van der Waals surface area contributed by atoms with Crippen molar-refractivity contribution in [3.8, 4) is 5.75 Å². The number of hydrogen-bond acceptors (Lipinski definition) is 6. The summed E-state index contributed by atoms with van der Waals surface area (Å²) in [5.74, 6) is 1.85. The second-order valence-corrected chi connectivity index (χ2v) is 6.90. The average molecular weight is 345 g/mol. The van der Waals surface area contributed by atoms with Crippen LogP contribution < -0.4 is 10.1 Å². The van der Waals surface area contributed by atoms with Crippen LogP contribution in [0.3, 0.4) is 0 Å². The summed E-state index contributed by atoms with van der Waals surface area (Å²) >= 11 is 0. The Kier molecular flexibility index (Phi) is 6.04. The largest absolute Gasteiger partial charge is 0.485 e. The number of aliphatic hydroxyl groups is 1. The van der Waals surface area contributed by atoms with E-state index in [0.717, 1.165) is 38.0 Å². The van der Waals surface area contributed by atoms with Gasteiger partial charge in [-0.2, -0.15) is 4.98 Å². The first-order valence-electron chi connectivity index (χ1n) is 9.07. The number of aromatic nitrogens is 2. The summed E-state index contributed by atoms with van der Waals surface area (Å²) in [5.41, 5.74) is 0.627. The Labute approximate surface area is 148 Å². The van der Waals surface area contributed by atoms with Crippen molar-refractivity contribution in [1.82, 2.24) is 15.5 Å². The zero-order chi connectivity index (χ0) is 17.5. The molecule has 1 heterocycles. The highest BCUT2D eigenvalue weighted by Gasteiger charge is 2.27. The van der Waals surface area contributed by atoms with Crippen LogP contribution >= 0.6 is 0 Å². The highest BCUT2D eigenvalue weighted by Crippen LogP contribution is 2.26. The molecular formula is C19H27N3O3. The predicted molar refractivity (Wildman–Crippen MR) is 94.2 cm³/mol. The summed E-state index contributed by atoms with van der Waals surface area (Å²) in [6.45, 7) is 3.45. The summed E-state index contributed by atoms with van der Waals surface area (Å²) in [7, 11) is 0. The quantitative estimate of drug-likeness (QED) is 0.751. The van der Waals surface area contributed by atoms with Gasteiger partial charge in [0.05, 0.1) is 5.60 Å². The molecule has 0 saturated heterocycles. The maximum atomic E-state index is 10.7. The van der Waals surface area contributed by atoms with Crippen LogP contribution in [0.15, 0.2) is 28.8 Å². The van der Waals surface area contributed by atoms with Gasteiger partial charge in [0.2, 0.25) is 11.7 Å². The SMILES string of the molecule is Cc1nc(COc2ccc(CNCC3(O)CCCCCC3)cc2)no1. The van der Waals surface area contributed by atoms with Crippen molar-refractivity contribution in [3.63, 3.8) is 0 Å². The molecule has 2 N–H and O–H groups in total. The Hall–Kier alpha value is -1.92. The van der Waals surface area contributed by atoms with Gasteiger partial charge < -0.3 is 19.7 Å². The normalized spacial score (nSPS) is 17.2. The molecule has 1 aromatic heterocycles. The summed E-state index contributed by atoms with van der Waals surface area (Å²) in [4.78, 5) is 4.10. The van der Waals surface area contributed by atoms with Crippen molar-refractivity contribution in [3.05, 3.63) is 41.5 Å². The Morgan fingerprint density at radius 2 is 1.88 bits per heavy atom. The molecule has 136 valence electrons. The van der Waals surface area contributed by atoms with Gasteiger partial charge in [-0.25, -0.2) is 0 Å². The van der Waals surface area contributed by atoms with Crippen LogP contribution in [0.1, 0.15) is 55.8 Å². The van der Waals surface area contributed by atoms with Crippen molar-refractivity contribution < 1.29 is 14.4 Å². The first-order valence-corrected chi connectivity index (χ1v) is 9.07. The van der Waals surface area contributed by atoms with E-state index >= 15 is 0 Å². The summed E-state index contributed by atoms with van der Waals surface area (Å²) in [5, 5.41) is 17.8. The Balaban J connectivity index is 1.42. The molecule has 0 bridgehead atoms. The first kappa shape index (κ1) is 17.9. The fraction of sp³-hybridized carbons (Fsp3) is 0.579. The molecule has 1 saturated carbocycles. The van der Waals surface area contributed by atoms with Crippen molar-refractivity contribution in [1.29, 1.82) is 0 Å². The smallest absolute Gasteiger partial charge is 0.223 e. The number of nitrogens with zero attached hydrogens (tertiary/aromatic N) is 2. The van der Waals surface area contributed by atoms with Crippen molar-refractivity contribution >= 4 is 0 Å². The van der Waals surface area contributed by atoms with Crippen LogP contribution in [-0.4, -0.2) is 27.4 Å². The third kappa shape index (κ3) is 5.54. The standard InChI is InChI=1S/C19H27N3O3/c1-15-21-18(22-25-15)13-24-17-8-6-16(7-9-17)12-20-14-19(23)10-4-2-3-5-11-19/h6-9,20,23H,2-5,10-14H2,1H3. The van der Waals surface area contributed by atoms with Crippen LogP contribution in [0.4, 0.5) is 0 Å². The van der Waals surface area contributed by atoms with Crippen LogP contribution in [0.2, 0.25) is 0 Å². The lowest BCUT2D eigenvalue weighted by atomic mass is 9.94. The topological polar surface area (TPSA) is 80.4 Å². The van der Waals surface area contributed by atoms with E-state index < -0.39 is 5.60 Å². The molecule has 1 fully saturated rings. The zero-order valence-corrected chi connectivity index (χ0v) is 14.8. The van der Waals surface area contributed by atoms with Gasteiger partial charge in [-0.1, -0.05) is 43.0 Å². The van der Waals surface area contributed by atoms with E-state index in [2.05, 4.69) is 15.5 Å². The molecule has 0 unspecified atom stereocenters. The van der Waals surface area contributed by atoms with Crippen LogP contribution in [0.5, 0.6) is 5.75 Å². The second-order valence-electron chi connectivity index (χ2n) is 6.90. The lowest BCUT2D eigenvalue weighted by Gasteiger charge is -2.27. The molecule has 6 nitrogen and oxygen atoms in total. The molecular weight excluding hydrogens is 318 g/mol. The Morgan fingerprint density at radius 1 is 1.16 bits per heavy atom. The molecule has 0 amide bonds. The third-order valence-electron chi connectivity index (χ3n) is 4.68. The van der Waals surface area contributed by atoms with E-state index in [4.69, 9.17) is 9.26 Å². The molecule has 1 aliphatic rings. The van der Waals surface area contributed by atoms with Gasteiger partial charge in [-0.05, 0) is 30.5 Å². The van der Waals surface area contributed by atoms with Crippen molar-refractivity contribution in [2.24, 2.45) is 0 Å². The molecule has 2 aromatic rings. The van der Waals surface area contributed by atoms with Gasteiger partial charge in [0.15, 0.2) is 6.61 Å². The van der Waals surface area contributed by atoms with E-state index in [1.165, 1.54) is 18.4 Å². The fourth-order valence-electron chi connectivity index (χ4n) is 3.25. The minimum atomic E-state index is -0.539. The number of hydrogen-bond donors (Lipinski definition) is 2. The van der Waals surface area contributed by atoms with Crippen LogP contribution in [0.25, 0.3) is 0 Å². The summed E-state index contributed by atoms with van der Waals surface area (Å²) in [6.07, 6.45) is 6.55. The average Bonchev–Trinajstić information content (AvgIpc) is 2.90. The predicted octanol–water partition coefficient (Wildman–Crippen LogP) is 3.13. The Bertz CT molecular complexity index is 646. The van der Waals surface area contributed by atoms with E-state index in [9.17, 15) is 5.11 Å². The number of ether oxygens (including phenoxy) is 1. The van der Waals surface area contributed by atoms with Crippen molar-refractivity contribution in [2.45, 2.75) is 64.2 Å². The van der Waals surface area contributed by atoms with E-state index in [-0.39, 0.29) is 0 Å². The fourth-order valence-corrected chi connectivity index (χ4v) is 3.25. The van der Waals surface area contributed by atoms with Gasteiger partial charge in [-0.15, -0.1) is 0 Å². The summed E-state index contributed by atoms with van der Waals surface area (Å²) in [6, 6.07) is 7.93. The molecule has 1 aromatic carbocycles. The van der Waals surface area contributed by atoms with Gasteiger partial charge in [0, 0.05) is 20.0 Å². The van der Waals surface area contributed by atoms with Crippen LogP contribution in [0, 0.1) is 6.92 Å². The highest BCUT2D eigenvalue weighted by molar-refractivity contribution is 5.27. The molecule has 0 aliphatic heterocycles. The van der Waals surface area contributed by atoms with Gasteiger partial charge >= 0.3 is 0 Å². The highest BCUT2D eigenvalue weighted by atomic mass is 16.5. The minimum Gasteiger partial charge on any atom is -0.485 e. The number of nitrogens with one attached hydrogen (secondary N) is 1. The van der Waals surface area contributed by atoms with Crippen molar-refractivity contribution in [2.75, 3.05) is 6.54 Å². The van der Waals surface area contributed by atoms with Gasteiger partial charge in [0.25, 0.3) is 0 Å². The number of aryl methyl sites for hydroxylation is 1. The first-order chi connectivity index (χ1) is 12.1. The van der Waals surface area contributed by atoms with Gasteiger partial charge in [-0.3, -0.25) is 0 Å². The molecule has 1 aliphatic carbocycles. The van der Waals surface area contributed by atoms with E-state index in [0.29, 0.717) is 24.9 Å². The molecule has 3 rings (SSSR count). The number of benzene rings is 1. The molecule has 0 atom stereocenters. The molecule has 0 radical (unpaired) electrons. The number of rotatable bonds is 7. The van der Waals surface area contributed by atoms with Gasteiger partial charge in [0.1, 0.15) is 5.75 Å². The summed E-state index contributed by atoms with van der Waals surface area (Å²) < 4.78 is 10.6. The minimum absolute atomic E-state index is 0.294. The Morgan fingerprint density at radius 3 is 2.52 bits per heavy atom. The van der Waals surface area contributed by atoms with Crippen LogP contribution in [-0.2, 0) is 13.2 Å². The van der Waals surface area contributed by atoms with E-state index in [1.54, 1.807) is 6.92 Å². The third-order valence-corrected chi connectivity index (χ3v) is 4.68. The zero-order valence-electron chi connectivity index (χ0n) is 14.8. The lowest BCUT2D eigenvalue weighted by molar-refractivity contribution is 0.0250. The maximum absolute atomic E-state index is 10.7. The lowest BCUT2D eigenvalue weighted by Crippen LogP contribution is -2.39. The molecule has 6 heteroatoms. The maximum Gasteiger partial charge on any atom is 0.223 e. The monoisotopic (exact) mass is 345 g/mol. The molecule has 25 heavy (non-hydrogen) atoms. The second kappa shape index (κ2) is 8.45. The molecule has 0 spiro atoms. The van der Waals surface area contributed by atoms with E-state index in [1.807, 2.05) is 24.3 Å².